The zero-order valence-corrected chi connectivity index (χ0v) is 7.75. The Hall–Kier alpha value is -0.180. The first-order valence-electron chi connectivity index (χ1n) is 4.11. The van der Waals surface area contributed by atoms with Crippen LogP contribution in [0.3, 0.4) is 0 Å². The van der Waals surface area contributed by atoms with Gasteiger partial charge in [0, 0.05) is 12.5 Å². The minimum atomic E-state index is 0.270. The monoisotopic (exact) mass is 173 g/mol. The molecule has 1 N–H and O–H groups in total. The molecule has 11 heavy (non-hydrogen) atoms. The van der Waals surface area contributed by atoms with Crippen LogP contribution in [0.2, 0.25) is 0 Å². The second-order valence-electron chi connectivity index (χ2n) is 2.91. The molecule has 0 aromatic carbocycles. The van der Waals surface area contributed by atoms with Crippen LogP contribution in [0.15, 0.2) is 0 Å². The molecule has 2 nitrogen and oxygen atoms in total. The van der Waals surface area contributed by atoms with Gasteiger partial charge in [0.1, 0.15) is 0 Å². The van der Waals surface area contributed by atoms with E-state index < -0.39 is 0 Å². The highest BCUT2D eigenvalue weighted by atomic mass is 32.2. The molecule has 1 atom stereocenters. The number of amides is 1. The fourth-order valence-corrected chi connectivity index (χ4v) is 1.85. The lowest BCUT2D eigenvalue weighted by molar-refractivity contribution is -0.122. The molecular formula is C8H15NOS. The number of carbonyl (C=O) groups excluding carboxylic acids is 1. The molecule has 0 saturated carbocycles. The lowest BCUT2D eigenvalue weighted by Crippen LogP contribution is -2.18. The van der Waals surface area contributed by atoms with Gasteiger partial charge in [0.05, 0.1) is 0 Å². The van der Waals surface area contributed by atoms with Crippen LogP contribution in [0.5, 0.6) is 0 Å². The summed E-state index contributed by atoms with van der Waals surface area (Å²) in [7, 11) is 0. The molecule has 0 aliphatic carbocycles. The molecule has 1 unspecified atom stereocenters. The van der Waals surface area contributed by atoms with E-state index in [2.05, 4.69) is 11.6 Å². The average Bonchev–Trinajstić information content (AvgIpc) is 2.37. The predicted molar refractivity (Wildman–Crippen MR) is 48.7 cm³/mol. The Bertz CT molecular complexity index is 138. The van der Waals surface area contributed by atoms with E-state index in [9.17, 15) is 4.79 Å². The molecule has 0 aromatic heterocycles. The predicted octanol–water partition coefficient (Wildman–Crippen LogP) is 1.27. The van der Waals surface area contributed by atoms with Gasteiger partial charge >= 0.3 is 0 Å². The number of thioether (sulfide) groups is 1. The van der Waals surface area contributed by atoms with Crippen molar-refractivity contribution in [2.24, 2.45) is 5.92 Å². The quantitative estimate of drug-likeness (QED) is 0.649. The Morgan fingerprint density at radius 1 is 1.73 bits per heavy atom. The van der Waals surface area contributed by atoms with E-state index in [1.54, 1.807) is 0 Å². The average molecular weight is 173 g/mol. The van der Waals surface area contributed by atoms with Crippen LogP contribution in [0.25, 0.3) is 0 Å². The zero-order chi connectivity index (χ0) is 8.10. The van der Waals surface area contributed by atoms with E-state index in [1.807, 2.05) is 11.8 Å². The van der Waals surface area contributed by atoms with Crippen molar-refractivity contribution >= 4 is 17.7 Å². The van der Waals surface area contributed by atoms with Crippen LogP contribution >= 0.6 is 11.8 Å². The van der Waals surface area contributed by atoms with Gasteiger partial charge in [-0.1, -0.05) is 0 Å². The van der Waals surface area contributed by atoms with Crippen molar-refractivity contribution in [2.45, 2.75) is 19.3 Å². The Balaban J connectivity index is 2.10. The minimum Gasteiger partial charge on any atom is -0.356 e. The van der Waals surface area contributed by atoms with E-state index in [-0.39, 0.29) is 5.91 Å². The van der Waals surface area contributed by atoms with E-state index in [1.165, 1.54) is 12.2 Å². The summed E-state index contributed by atoms with van der Waals surface area (Å²) in [6.45, 7) is 0.892. The molecule has 1 heterocycles. The second-order valence-corrected chi connectivity index (χ2v) is 3.90. The Labute approximate surface area is 72.1 Å². The molecule has 1 aliphatic heterocycles. The van der Waals surface area contributed by atoms with E-state index in [0.717, 1.165) is 19.4 Å². The highest BCUT2D eigenvalue weighted by Gasteiger charge is 2.22. The molecule has 3 heteroatoms. The summed E-state index contributed by atoms with van der Waals surface area (Å²) in [5.74, 6) is 1.78. The number of rotatable bonds is 4. The number of hydrogen-bond acceptors (Lipinski definition) is 2. The lowest BCUT2D eigenvalue weighted by Gasteiger charge is -2.04. The first-order valence-corrected chi connectivity index (χ1v) is 5.50. The van der Waals surface area contributed by atoms with Gasteiger partial charge in [-0.2, -0.15) is 11.8 Å². The lowest BCUT2D eigenvalue weighted by atomic mass is 10.0. The fourth-order valence-electron chi connectivity index (χ4n) is 1.39. The molecule has 0 bridgehead atoms. The maximum atomic E-state index is 11.1. The summed E-state index contributed by atoms with van der Waals surface area (Å²) >= 11 is 1.85. The number of carbonyl (C=O) groups is 1. The molecule has 0 radical (unpaired) electrons. The molecule has 1 amide bonds. The van der Waals surface area contributed by atoms with Crippen molar-refractivity contribution in [3.8, 4) is 0 Å². The van der Waals surface area contributed by atoms with Crippen LogP contribution < -0.4 is 5.32 Å². The van der Waals surface area contributed by atoms with Gasteiger partial charge in [-0.05, 0) is 31.3 Å². The standard InChI is InChI=1S/C8H15NOS/c1-11-6-2-3-7-4-5-9-8(7)10/h7H,2-6H2,1H3,(H,9,10). The summed E-state index contributed by atoms with van der Waals surface area (Å²) in [4.78, 5) is 11.1. The van der Waals surface area contributed by atoms with Crippen molar-refractivity contribution in [1.29, 1.82) is 0 Å². The summed E-state index contributed by atoms with van der Waals surface area (Å²) < 4.78 is 0. The summed E-state index contributed by atoms with van der Waals surface area (Å²) in [5, 5.41) is 2.85. The Kier molecular flexibility index (Phi) is 3.77. The highest BCUT2D eigenvalue weighted by Crippen LogP contribution is 2.16. The SMILES string of the molecule is CSCCCC1CCNC1=O. The van der Waals surface area contributed by atoms with Gasteiger partial charge in [-0.3, -0.25) is 4.79 Å². The topological polar surface area (TPSA) is 29.1 Å². The second kappa shape index (κ2) is 4.65. The van der Waals surface area contributed by atoms with E-state index in [4.69, 9.17) is 0 Å². The van der Waals surface area contributed by atoms with Gasteiger partial charge in [0.2, 0.25) is 5.91 Å². The van der Waals surface area contributed by atoms with Gasteiger partial charge in [-0.25, -0.2) is 0 Å². The van der Waals surface area contributed by atoms with Gasteiger partial charge in [0.25, 0.3) is 0 Å². The van der Waals surface area contributed by atoms with Crippen LogP contribution in [-0.2, 0) is 4.79 Å². The van der Waals surface area contributed by atoms with Crippen molar-refractivity contribution in [3.63, 3.8) is 0 Å². The molecule has 1 saturated heterocycles. The molecule has 0 spiro atoms. The van der Waals surface area contributed by atoms with Crippen LogP contribution in [0.4, 0.5) is 0 Å². The molecule has 1 fully saturated rings. The molecule has 1 aliphatic rings. The third kappa shape index (κ3) is 2.73. The third-order valence-electron chi connectivity index (χ3n) is 2.06. The third-order valence-corrected chi connectivity index (χ3v) is 2.76. The van der Waals surface area contributed by atoms with Crippen molar-refractivity contribution in [1.82, 2.24) is 5.32 Å². The molecular weight excluding hydrogens is 158 g/mol. The van der Waals surface area contributed by atoms with Gasteiger partial charge in [0.15, 0.2) is 0 Å². The number of nitrogens with one attached hydrogen (secondary N) is 1. The van der Waals surface area contributed by atoms with Crippen LogP contribution in [0.1, 0.15) is 19.3 Å². The molecule has 0 aromatic rings. The number of hydrogen-bond donors (Lipinski definition) is 1. The maximum Gasteiger partial charge on any atom is 0.223 e. The van der Waals surface area contributed by atoms with E-state index in [0.29, 0.717) is 5.92 Å². The zero-order valence-electron chi connectivity index (χ0n) is 6.93. The van der Waals surface area contributed by atoms with Crippen molar-refractivity contribution in [2.75, 3.05) is 18.6 Å². The van der Waals surface area contributed by atoms with Crippen molar-refractivity contribution < 1.29 is 4.79 Å². The fraction of sp³-hybridized carbons (Fsp3) is 0.875. The largest absolute Gasteiger partial charge is 0.356 e. The van der Waals surface area contributed by atoms with Gasteiger partial charge in [-0.15, -0.1) is 0 Å². The first kappa shape index (κ1) is 8.91. The Morgan fingerprint density at radius 3 is 3.09 bits per heavy atom. The molecule has 1 rings (SSSR count). The maximum absolute atomic E-state index is 11.1. The van der Waals surface area contributed by atoms with Crippen LogP contribution in [-0.4, -0.2) is 24.5 Å². The Morgan fingerprint density at radius 2 is 2.55 bits per heavy atom. The normalized spacial score (nSPS) is 23.7. The summed E-state index contributed by atoms with van der Waals surface area (Å²) in [6.07, 6.45) is 5.41. The first-order chi connectivity index (χ1) is 5.34. The van der Waals surface area contributed by atoms with Crippen LogP contribution in [0, 0.1) is 5.92 Å². The smallest absolute Gasteiger partial charge is 0.223 e. The minimum absolute atomic E-state index is 0.270. The summed E-state index contributed by atoms with van der Waals surface area (Å²) in [5.41, 5.74) is 0. The molecule has 64 valence electrons. The van der Waals surface area contributed by atoms with Crippen molar-refractivity contribution in [3.05, 3.63) is 0 Å². The van der Waals surface area contributed by atoms with E-state index >= 15 is 0 Å². The summed E-state index contributed by atoms with van der Waals surface area (Å²) in [6, 6.07) is 0. The highest BCUT2D eigenvalue weighted by molar-refractivity contribution is 7.98. The van der Waals surface area contributed by atoms with Gasteiger partial charge < -0.3 is 5.32 Å².